The average molecular weight is 431 g/mol. The van der Waals surface area contributed by atoms with Gasteiger partial charge < -0.3 is 19.9 Å². The lowest BCUT2D eigenvalue weighted by atomic mass is 10.1. The molecule has 1 unspecified atom stereocenters. The van der Waals surface area contributed by atoms with Crippen molar-refractivity contribution in [1.82, 2.24) is 4.90 Å². The third-order valence-electron chi connectivity index (χ3n) is 5.40. The zero-order valence-electron chi connectivity index (χ0n) is 17.7. The minimum Gasteiger partial charge on any atom is -0.490 e. The van der Waals surface area contributed by atoms with Crippen molar-refractivity contribution in [3.63, 3.8) is 0 Å². The molecule has 6 nitrogen and oxygen atoms in total. The first kappa shape index (κ1) is 22.7. The van der Waals surface area contributed by atoms with E-state index in [0.717, 1.165) is 31.8 Å². The highest BCUT2D eigenvalue weighted by atomic mass is 19.1. The van der Waals surface area contributed by atoms with Gasteiger partial charge in [-0.1, -0.05) is 26.0 Å². The Morgan fingerprint density at radius 3 is 2.65 bits per heavy atom. The normalized spacial score (nSPS) is 16.1. The topological polar surface area (TPSA) is 61.9 Å². The molecule has 8 heteroatoms. The summed E-state index contributed by atoms with van der Waals surface area (Å²) in [6.07, 6.45) is -0.0480. The van der Waals surface area contributed by atoms with Crippen molar-refractivity contribution in [3.8, 4) is 5.75 Å². The van der Waals surface area contributed by atoms with E-state index in [9.17, 15) is 18.4 Å². The molecule has 1 N–H and O–H groups in total. The highest BCUT2D eigenvalue weighted by Gasteiger charge is 2.36. The minimum atomic E-state index is -0.832. The van der Waals surface area contributed by atoms with E-state index in [2.05, 4.69) is 24.1 Å². The summed E-state index contributed by atoms with van der Waals surface area (Å²) < 4.78 is 33.1. The number of nitrogens with zero attached hydrogens (tertiary/aromatic N) is 2. The zero-order valence-corrected chi connectivity index (χ0v) is 17.7. The molecule has 0 bridgehead atoms. The maximum absolute atomic E-state index is 14.1. The van der Waals surface area contributed by atoms with Crippen molar-refractivity contribution in [2.24, 2.45) is 5.92 Å². The molecular formula is C23H27F2N3O3. The lowest BCUT2D eigenvalue weighted by Crippen LogP contribution is -2.29. The van der Waals surface area contributed by atoms with Crippen molar-refractivity contribution in [3.05, 3.63) is 54.1 Å². The average Bonchev–Trinajstić information content (AvgIpc) is 3.14. The smallest absolute Gasteiger partial charge is 0.229 e. The molecule has 2 aromatic carbocycles. The number of carbonyl (C=O) groups is 2. The molecule has 1 fully saturated rings. The van der Waals surface area contributed by atoms with Crippen LogP contribution in [-0.4, -0.2) is 49.5 Å². The van der Waals surface area contributed by atoms with Crippen LogP contribution in [0, 0.1) is 17.6 Å². The molecule has 1 heterocycles. The van der Waals surface area contributed by atoms with E-state index in [0.29, 0.717) is 18.0 Å². The van der Waals surface area contributed by atoms with Gasteiger partial charge >= 0.3 is 0 Å². The number of hydrogen-bond acceptors (Lipinski definition) is 4. The maximum Gasteiger partial charge on any atom is 0.229 e. The summed E-state index contributed by atoms with van der Waals surface area (Å²) in [5, 5.41) is 2.82. The minimum absolute atomic E-state index is 0.0260. The van der Waals surface area contributed by atoms with E-state index in [1.165, 1.54) is 11.0 Å². The van der Waals surface area contributed by atoms with Crippen molar-refractivity contribution in [2.75, 3.05) is 43.0 Å². The Kier molecular flexibility index (Phi) is 7.57. The number of rotatable bonds is 9. The van der Waals surface area contributed by atoms with Crippen LogP contribution in [0.3, 0.4) is 0 Å². The van der Waals surface area contributed by atoms with Crippen molar-refractivity contribution < 1.29 is 23.1 Å². The molecule has 0 radical (unpaired) electrons. The summed E-state index contributed by atoms with van der Waals surface area (Å²) in [5.74, 6) is -2.39. The van der Waals surface area contributed by atoms with Crippen LogP contribution in [0.25, 0.3) is 0 Å². The molecule has 0 aromatic heterocycles. The molecule has 0 spiro atoms. The Morgan fingerprint density at radius 2 is 1.94 bits per heavy atom. The zero-order chi connectivity index (χ0) is 22.4. The second-order valence-electron chi connectivity index (χ2n) is 7.36. The fraction of sp³-hybridized carbons (Fsp3) is 0.391. The van der Waals surface area contributed by atoms with Crippen LogP contribution < -0.4 is 15.0 Å². The van der Waals surface area contributed by atoms with Gasteiger partial charge in [-0.25, -0.2) is 8.78 Å². The van der Waals surface area contributed by atoms with E-state index in [-0.39, 0.29) is 30.5 Å². The molecule has 1 aliphatic rings. The molecule has 2 amide bonds. The first-order valence-corrected chi connectivity index (χ1v) is 10.4. The third-order valence-corrected chi connectivity index (χ3v) is 5.40. The van der Waals surface area contributed by atoms with Gasteiger partial charge in [-0.15, -0.1) is 0 Å². The Morgan fingerprint density at radius 1 is 1.19 bits per heavy atom. The number of likely N-dealkylation sites (N-methyl/N-ethyl adjacent to an activating group) is 1. The summed E-state index contributed by atoms with van der Waals surface area (Å²) in [4.78, 5) is 28.6. The number of hydrogen-bond donors (Lipinski definition) is 1. The Bertz CT molecular complexity index is 934. The van der Waals surface area contributed by atoms with Gasteiger partial charge in [0.05, 0.1) is 17.3 Å². The van der Waals surface area contributed by atoms with Crippen LogP contribution in [0.1, 0.15) is 20.3 Å². The maximum atomic E-state index is 14.1. The van der Waals surface area contributed by atoms with Gasteiger partial charge in [-0.3, -0.25) is 9.59 Å². The van der Waals surface area contributed by atoms with Crippen LogP contribution in [-0.2, 0) is 9.59 Å². The number of nitrogens with one attached hydrogen (secondary N) is 1. The van der Waals surface area contributed by atoms with Crippen LogP contribution in [0.2, 0.25) is 0 Å². The number of para-hydroxylation sites is 2. The summed E-state index contributed by atoms with van der Waals surface area (Å²) in [6.45, 7) is 7.30. The molecule has 0 aliphatic carbocycles. The number of halogens is 2. The monoisotopic (exact) mass is 431 g/mol. The second kappa shape index (κ2) is 10.3. The van der Waals surface area contributed by atoms with Gasteiger partial charge in [-0.05, 0) is 37.4 Å². The van der Waals surface area contributed by atoms with Gasteiger partial charge in [-0.2, -0.15) is 0 Å². The van der Waals surface area contributed by atoms with E-state index in [4.69, 9.17) is 4.74 Å². The van der Waals surface area contributed by atoms with Gasteiger partial charge in [0, 0.05) is 25.6 Å². The fourth-order valence-corrected chi connectivity index (χ4v) is 3.57. The number of carbonyl (C=O) groups excluding carboxylic acids is 2. The molecule has 166 valence electrons. The SMILES string of the molecule is CCN(CC)CCOc1ccccc1NC(=O)C1CC(=O)N(c2ccc(F)cc2F)C1. The highest BCUT2D eigenvalue weighted by molar-refractivity contribution is 6.04. The van der Waals surface area contributed by atoms with E-state index in [1.54, 1.807) is 18.2 Å². The standard InChI is InChI=1S/C23H27F2N3O3/c1-3-27(4-2)11-12-31-21-8-6-5-7-19(21)26-23(30)16-13-22(29)28(15-16)20-10-9-17(24)14-18(20)25/h5-10,14,16H,3-4,11-13,15H2,1-2H3,(H,26,30). The first-order valence-electron chi connectivity index (χ1n) is 10.4. The number of amides is 2. The van der Waals surface area contributed by atoms with Crippen LogP contribution in [0.5, 0.6) is 5.75 Å². The number of ether oxygens (including phenoxy) is 1. The highest BCUT2D eigenvalue weighted by Crippen LogP contribution is 2.30. The molecule has 1 aliphatic heterocycles. The molecule has 0 saturated carbocycles. The molecular weight excluding hydrogens is 404 g/mol. The Hall–Kier alpha value is -3.00. The Labute approximate surface area is 180 Å². The summed E-state index contributed by atoms with van der Waals surface area (Å²) in [5.41, 5.74) is 0.493. The molecule has 1 saturated heterocycles. The van der Waals surface area contributed by atoms with Crippen molar-refractivity contribution in [2.45, 2.75) is 20.3 Å². The first-order chi connectivity index (χ1) is 14.9. The van der Waals surface area contributed by atoms with Gasteiger partial charge in [0.25, 0.3) is 0 Å². The molecule has 2 aromatic rings. The summed E-state index contributed by atoms with van der Waals surface area (Å²) >= 11 is 0. The lowest BCUT2D eigenvalue weighted by molar-refractivity contribution is -0.122. The van der Waals surface area contributed by atoms with Crippen molar-refractivity contribution in [1.29, 1.82) is 0 Å². The van der Waals surface area contributed by atoms with E-state index < -0.39 is 17.6 Å². The van der Waals surface area contributed by atoms with Crippen molar-refractivity contribution >= 4 is 23.2 Å². The molecule has 1 atom stereocenters. The predicted octanol–water partition coefficient (Wildman–Crippen LogP) is 3.68. The third kappa shape index (κ3) is 5.58. The lowest BCUT2D eigenvalue weighted by Gasteiger charge is -2.19. The van der Waals surface area contributed by atoms with Crippen LogP contribution in [0.15, 0.2) is 42.5 Å². The van der Waals surface area contributed by atoms with Gasteiger partial charge in [0.2, 0.25) is 11.8 Å². The predicted molar refractivity (Wildman–Crippen MR) is 115 cm³/mol. The molecule has 31 heavy (non-hydrogen) atoms. The van der Waals surface area contributed by atoms with E-state index in [1.807, 2.05) is 6.07 Å². The fourth-order valence-electron chi connectivity index (χ4n) is 3.57. The quantitative estimate of drug-likeness (QED) is 0.658. The Balaban J connectivity index is 1.64. The van der Waals surface area contributed by atoms with Crippen LogP contribution in [0.4, 0.5) is 20.2 Å². The number of anilines is 2. The largest absolute Gasteiger partial charge is 0.490 e. The second-order valence-corrected chi connectivity index (χ2v) is 7.36. The summed E-state index contributed by atoms with van der Waals surface area (Å²) in [6, 6.07) is 10.1. The number of benzene rings is 2. The van der Waals surface area contributed by atoms with Gasteiger partial charge in [0.15, 0.2) is 0 Å². The summed E-state index contributed by atoms with van der Waals surface area (Å²) in [7, 11) is 0. The van der Waals surface area contributed by atoms with Crippen LogP contribution >= 0.6 is 0 Å². The molecule has 3 rings (SSSR count). The van der Waals surface area contributed by atoms with Gasteiger partial charge in [0.1, 0.15) is 24.0 Å². The van der Waals surface area contributed by atoms with E-state index >= 15 is 0 Å².